The highest BCUT2D eigenvalue weighted by Gasteiger charge is 2.31. The molecule has 2 aliphatic heterocycles. The molecule has 1 aromatic rings. The highest BCUT2D eigenvalue weighted by Crippen LogP contribution is 2.35. The first-order valence-corrected chi connectivity index (χ1v) is 7.04. The van der Waals surface area contributed by atoms with Crippen molar-refractivity contribution in [3.8, 4) is 0 Å². The smallest absolute Gasteiger partial charge is 0.274 e. The van der Waals surface area contributed by atoms with E-state index < -0.39 is 0 Å². The molecular formula is C14H18ClN3O4. The number of amides is 1. The lowest BCUT2D eigenvalue weighted by molar-refractivity contribution is -0.385. The van der Waals surface area contributed by atoms with Crippen molar-refractivity contribution in [1.82, 2.24) is 5.32 Å². The van der Waals surface area contributed by atoms with E-state index >= 15 is 0 Å². The topological polar surface area (TPSA) is 84.7 Å². The number of nitrogens with zero attached hydrogens (tertiary/aromatic N) is 2. The molecular weight excluding hydrogens is 310 g/mol. The number of nitro benzene ring substituents is 1. The summed E-state index contributed by atoms with van der Waals surface area (Å²) in [6, 6.07) is 4.92. The number of morpholine rings is 1. The zero-order chi connectivity index (χ0) is 14.8. The number of benzene rings is 1. The van der Waals surface area contributed by atoms with Crippen LogP contribution in [0.3, 0.4) is 0 Å². The van der Waals surface area contributed by atoms with E-state index in [1.54, 1.807) is 17.0 Å². The van der Waals surface area contributed by atoms with Gasteiger partial charge in [-0.15, -0.1) is 12.4 Å². The molecule has 22 heavy (non-hydrogen) atoms. The third-order valence-corrected chi connectivity index (χ3v) is 3.92. The Bertz CT molecular complexity index is 575. The second kappa shape index (κ2) is 7.04. The fraction of sp³-hybridized carbons (Fsp3) is 0.500. The monoisotopic (exact) mass is 327 g/mol. The maximum Gasteiger partial charge on any atom is 0.274 e. The molecule has 0 spiro atoms. The van der Waals surface area contributed by atoms with Crippen molar-refractivity contribution in [1.29, 1.82) is 0 Å². The zero-order valence-corrected chi connectivity index (χ0v) is 12.8. The van der Waals surface area contributed by atoms with E-state index in [0.717, 1.165) is 6.54 Å². The largest absolute Gasteiger partial charge is 0.378 e. The highest BCUT2D eigenvalue weighted by molar-refractivity contribution is 5.96. The first-order valence-electron chi connectivity index (χ1n) is 7.04. The lowest BCUT2D eigenvalue weighted by atomic mass is 10.1. The second-order valence-electron chi connectivity index (χ2n) is 5.26. The van der Waals surface area contributed by atoms with Gasteiger partial charge in [0.2, 0.25) is 5.91 Å². The summed E-state index contributed by atoms with van der Waals surface area (Å²) in [5.74, 6) is -0.0164. The molecule has 0 bridgehead atoms. The minimum atomic E-state index is -0.386. The number of hydrogen-bond donors (Lipinski definition) is 1. The van der Waals surface area contributed by atoms with E-state index in [1.165, 1.54) is 6.07 Å². The molecule has 1 amide bonds. The quantitative estimate of drug-likeness (QED) is 0.668. The molecule has 0 saturated carbocycles. The van der Waals surface area contributed by atoms with Gasteiger partial charge in [0.25, 0.3) is 5.69 Å². The first-order chi connectivity index (χ1) is 10.2. The van der Waals surface area contributed by atoms with Crippen molar-refractivity contribution >= 4 is 29.7 Å². The van der Waals surface area contributed by atoms with E-state index in [-0.39, 0.29) is 35.0 Å². The zero-order valence-electron chi connectivity index (χ0n) is 12.0. The number of halogens is 1. The maximum atomic E-state index is 12.4. The van der Waals surface area contributed by atoms with Crippen LogP contribution in [0.15, 0.2) is 18.2 Å². The molecule has 0 radical (unpaired) electrons. The van der Waals surface area contributed by atoms with E-state index in [4.69, 9.17) is 4.74 Å². The van der Waals surface area contributed by atoms with Crippen molar-refractivity contribution < 1.29 is 14.5 Å². The summed E-state index contributed by atoms with van der Waals surface area (Å²) in [7, 11) is 0. The minimum absolute atomic E-state index is 0. The molecule has 0 aliphatic carbocycles. The molecule has 2 heterocycles. The Labute approximate surface area is 134 Å². The Balaban J connectivity index is 0.00000176. The van der Waals surface area contributed by atoms with E-state index in [1.807, 2.05) is 0 Å². The van der Waals surface area contributed by atoms with Crippen molar-refractivity contribution in [2.24, 2.45) is 0 Å². The van der Waals surface area contributed by atoms with Gasteiger partial charge in [-0.05, 0) is 12.5 Å². The number of carbonyl (C=O) groups excluding carboxylic acids is 1. The number of nitrogens with one attached hydrogen (secondary N) is 1. The van der Waals surface area contributed by atoms with Crippen molar-refractivity contribution in [3.05, 3.63) is 33.9 Å². The van der Waals surface area contributed by atoms with Gasteiger partial charge in [-0.3, -0.25) is 14.9 Å². The molecule has 1 atom stereocenters. The van der Waals surface area contributed by atoms with Gasteiger partial charge in [-0.2, -0.15) is 0 Å². The molecule has 1 N–H and O–H groups in total. The lowest BCUT2D eigenvalue weighted by Gasteiger charge is -2.25. The Morgan fingerprint density at radius 1 is 1.50 bits per heavy atom. The third kappa shape index (κ3) is 3.21. The van der Waals surface area contributed by atoms with Crippen LogP contribution in [0.25, 0.3) is 0 Å². The van der Waals surface area contributed by atoms with Crippen molar-refractivity contribution in [3.63, 3.8) is 0 Å². The summed E-state index contributed by atoms with van der Waals surface area (Å²) >= 11 is 0. The second-order valence-corrected chi connectivity index (χ2v) is 5.26. The number of ether oxygens (including phenoxy) is 1. The van der Waals surface area contributed by atoms with Gasteiger partial charge in [0.05, 0.1) is 29.4 Å². The maximum absolute atomic E-state index is 12.4. The number of rotatable bonds is 3. The first kappa shape index (κ1) is 16.7. The van der Waals surface area contributed by atoms with E-state index in [9.17, 15) is 14.9 Å². The Morgan fingerprint density at radius 2 is 2.32 bits per heavy atom. The third-order valence-electron chi connectivity index (χ3n) is 3.92. The Morgan fingerprint density at radius 3 is 3.00 bits per heavy atom. The summed E-state index contributed by atoms with van der Waals surface area (Å²) in [6.07, 6.45) is 0.884. The van der Waals surface area contributed by atoms with Gasteiger partial charge >= 0.3 is 0 Å². The van der Waals surface area contributed by atoms with Crippen LogP contribution in [-0.4, -0.2) is 43.2 Å². The van der Waals surface area contributed by atoms with Gasteiger partial charge < -0.3 is 15.0 Å². The number of carbonyl (C=O) groups is 1. The van der Waals surface area contributed by atoms with Crippen LogP contribution < -0.4 is 10.2 Å². The van der Waals surface area contributed by atoms with Gasteiger partial charge in [-0.1, -0.05) is 6.07 Å². The van der Waals surface area contributed by atoms with Crippen LogP contribution in [-0.2, 0) is 16.0 Å². The Hall–Kier alpha value is -1.70. The lowest BCUT2D eigenvalue weighted by Crippen LogP contribution is -2.45. The molecule has 8 heteroatoms. The number of fused-ring (bicyclic) bond motifs is 1. The number of anilines is 1. The number of nitro groups is 1. The van der Waals surface area contributed by atoms with E-state index in [2.05, 4.69) is 5.32 Å². The van der Waals surface area contributed by atoms with Crippen LogP contribution >= 0.6 is 12.4 Å². The van der Waals surface area contributed by atoms with Crippen LogP contribution in [0.4, 0.5) is 11.4 Å². The molecule has 2 aliphatic rings. The molecule has 120 valence electrons. The van der Waals surface area contributed by atoms with Gasteiger partial charge in [0.1, 0.15) is 0 Å². The fourth-order valence-corrected chi connectivity index (χ4v) is 2.92. The van der Waals surface area contributed by atoms with Crippen LogP contribution in [0.1, 0.15) is 12.0 Å². The molecule has 1 fully saturated rings. The number of hydrogen-bond acceptors (Lipinski definition) is 5. The van der Waals surface area contributed by atoms with Gasteiger partial charge in [0, 0.05) is 31.6 Å². The van der Waals surface area contributed by atoms with Gasteiger partial charge in [-0.25, -0.2) is 0 Å². The van der Waals surface area contributed by atoms with E-state index in [0.29, 0.717) is 43.9 Å². The summed E-state index contributed by atoms with van der Waals surface area (Å²) in [5.41, 5.74) is 1.43. The summed E-state index contributed by atoms with van der Waals surface area (Å²) in [6.45, 7) is 2.46. The average molecular weight is 328 g/mol. The average Bonchev–Trinajstić information content (AvgIpc) is 2.92. The molecule has 1 saturated heterocycles. The standard InChI is InChI=1S/C14H17N3O4.ClH/c18-14(8-10-9-21-7-5-15-10)16-6-4-11-12(16)2-1-3-13(11)17(19)20;/h1-3,10,15H,4-9H2;1H. The van der Waals surface area contributed by atoms with Crippen LogP contribution in [0, 0.1) is 10.1 Å². The van der Waals surface area contributed by atoms with Crippen molar-refractivity contribution in [2.75, 3.05) is 31.2 Å². The minimum Gasteiger partial charge on any atom is -0.378 e. The fourth-order valence-electron chi connectivity index (χ4n) is 2.92. The van der Waals surface area contributed by atoms with Crippen LogP contribution in [0.2, 0.25) is 0 Å². The molecule has 3 rings (SSSR count). The normalized spacial score (nSPS) is 20.2. The predicted molar refractivity (Wildman–Crippen MR) is 83.6 cm³/mol. The summed E-state index contributed by atoms with van der Waals surface area (Å²) < 4.78 is 5.34. The molecule has 7 nitrogen and oxygen atoms in total. The summed E-state index contributed by atoms with van der Waals surface area (Å²) in [5, 5.41) is 14.3. The highest BCUT2D eigenvalue weighted by atomic mass is 35.5. The molecule has 1 aromatic carbocycles. The van der Waals surface area contributed by atoms with Crippen LogP contribution in [0.5, 0.6) is 0 Å². The molecule has 1 unspecified atom stereocenters. The SMILES string of the molecule is Cl.O=C(CC1COCCN1)N1CCc2c1cccc2[N+](=O)[O-]. The summed E-state index contributed by atoms with van der Waals surface area (Å²) in [4.78, 5) is 24.7. The van der Waals surface area contributed by atoms with Crippen molar-refractivity contribution in [2.45, 2.75) is 18.9 Å². The Kier molecular flexibility index (Phi) is 5.33. The molecule has 0 aromatic heterocycles. The predicted octanol–water partition coefficient (Wildman–Crippen LogP) is 1.28. The van der Waals surface area contributed by atoms with Gasteiger partial charge in [0.15, 0.2) is 0 Å².